The molecule has 1 atom stereocenters. The van der Waals surface area contributed by atoms with E-state index in [1.54, 1.807) is 11.8 Å². The summed E-state index contributed by atoms with van der Waals surface area (Å²) in [5.41, 5.74) is 3.19. The largest absolute Gasteiger partial charge is 0.453 e. The van der Waals surface area contributed by atoms with Gasteiger partial charge in [-0.05, 0) is 46.7 Å². The van der Waals surface area contributed by atoms with Crippen molar-refractivity contribution in [1.29, 1.82) is 0 Å². The van der Waals surface area contributed by atoms with E-state index in [4.69, 9.17) is 9.29 Å². The minimum absolute atomic E-state index is 0.296. The first-order valence-electron chi connectivity index (χ1n) is 9.18. The second-order valence-corrected chi connectivity index (χ2v) is 11.5. The lowest BCUT2D eigenvalue weighted by atomic mass is 10.1. The third-order valence-corrected chi connectivity index (χ3v) is 8.17. The Morgan fingerprint density at radius 3 is 2.79 bits per heavy atom. The molecule has 2 aromatic carbocycles. The van der Waals surface area contributed by atoms with Crippen LogP contribution < -0.4 is 14.5 Å². The Labute approximate surface area is 179 Å². The van der Waals surface area contributed by atoms with Gasteiger partial charge in [0.1, 0.15) is 5.75 Å². The van der Waals surface area contributed by atoms with E-state index in [9.17, 15) is 8.42 Å². The van der Waals surface area contributed by atoms with Gasteiger partial charge in [-0.1, -0.05) is 42.1 Å². The number of hydrogen-bond donors (Lipinski definition) is 1. The third-order valence-electron chi connectivity index (χ3n) is 4.89. The van der Waals surface area contributed by atoms with Crippen LogP contribution in [-0.2, 0) is 9.15 Å². The molecule has 0 aromatic heterocycles. The molecule has 0 amide bonds. The average Bonchev–Trinajstić information content (AvgIpc) is 3.22. The van der Waals surface area contributed by atoms with Gasteiger partial charge < -0.3 is 14.5 Å². The fraction of sp³-hybridized carbons (Fsp3) is 0.300. The van der Waals surface area contributed by atoms with E-state index >= 15 is 0 Å². The van der Waals surface area contributed by atoms with Crippen LogP contribution in [0.1, 0.15) is 5.56 Å². The summed E-state index contributed by atoms with van der Waals surface area (Å²) in [7, 11) is -1.56. The van der Waals surface area contributed by atoms with E-state index in [2.05, 4.69) is 23.1 Å². The predicted octanol–water partition coefficient (Wildman–Crippen LogP) is 3.97. The number of rotatable bonds is 7. The van der Waals surface area contributed by atoms with Gasteiger partial charge >= 0.3 is 9.15 Å². The van der Waals surface area contributed by atoms with Gasteiger partial charge in [0.15, 0.2) is 0 Å². The molecule has 9 heteroatoms. The first-order chi connectivity index (χ1) is 13.9. The highest BCUT2D eigenvalue weighted by molar-refractivity contribution is 8.69. The molecular weight excluding hydrogens is 428 g/mol. The van der Waals surface area contributed by atoms with Crippen LogP contribution in [-0.4, -0.2) is 49.7 Å². The SMILES string of the molecule is CN(CCSS(=O)(=O)O)c1ccc(/C=C/C23Oc4ccccc4N2CCS3)cc1. The van der Waals surface area contributed by atoms with Crippen LogP contribution in [0, 0.1) is 0 Å². The molecule has 0 saturated carbocycles. The summed E-state index contributed by atoms with van der Waals surface area (Å²) in [6.07, 6.45) is 4.20. The molecule has 0 radical (unpaired) electrons. The molecule has 0 spiro atoms. The molecule has 1 N–H and O–H groups in total. The fourth-order valence-corrected chi connectivity index (χ4v) is 6.08. The van der Waals surface area contributed by atoms with Crippen LogP contribution in [0.2, 0.25) is 0 Å². The molecule has 0 aliphatic carbocycles. The minimum atomic E-state index is -3.99. The van der Waals surface area contributed by atoms with E-state index < -0.39 is 14.2 Å². The molecule has 1 fully saturated rings. The first kappa shape index (κ1) is 20.5. The Balaban J connectivity index is 1.42. The lowest BCUT2D eigenvalue weighted by molar-refractivity contribution is 0.248. The Morgan fingerprint density at radius 1 is 1.28 bits per heavy atom. The molecule has 2 aromatic rings. The number of hydrogen-bond acceptors (Lipinski definition) is 7. The standard InChI is InChI=1S/C20H22N2O4S3/c1-21(12-15-28-29(23,24)25)17-8-6-16(7-9-17)10-11-20-22(13-14-27-20)18-4-2-3-5-19(18)26-20/h2-11H,12-15H2,1H3,(H,23,24,25)/b11-10+. The highest BCUT2D eigenvalue weighted by Crippen LogP contribution is 2.51. The van der Waals surface area contributed by atoms with Crippen molar-refractivity contribution in [3.63, 3.8) is 0 Å². The molecule has 0 bridgehead atoms. The molecule has 154 valence electrons. The highest BCUT2D eigenvalue weighted by Gasteiger charge is 2.48. The third kappa shape index (κ3) is 4.53. The summed E-state index contributed by atoms with van der Waals surface area (Å²) < 4.78 is 36.7. The Hall–Kier alpha value is -1.81. The summed E-state index contributed by atoms with van der Waals surface area (Å²) in [6.45, 7) is 1.47. The minimum Gasteiger partial charge on any atom is -0.453 e. The number of thioether (sulfide) groups is 1. The van der Waals surface area contributed by atoms with Crippen LogP contribution in [0.25, 0.3) is 6.08 Å². The molecule has 2 aliphatic heterocycles. The first-order valence-corrected chi connectivity index (χ1v) is 13.1. The lowest BCUT2D eigenvalue weighted by Crippen LogP contribution is -2.40. The molecular formula is C20H22N2O4S3. The monoisotopic (exact) mass is 450 g/mol. The van der Waals surface area contributed by atoms with Crippen molar-refractivity contribution >= 4 is 49.2 Å². The predicted molar refractivity (Wildman–Crippen MR) is 122 cm³/mol. The second-order valence-electron chi connectivity index (χ2n) is 6.80. The van der Waals surface area contributed by atoms with Crippen molar-refractivity contribution < 1.29 is 17.7 Å². The summed E-state index contributed by atoms with van der Waals surface area (Å²) in [6, 6.07) is 16.2. The maximum Gasteiger partial charge on any atom is 0.319 e. The van der Waals surface area contributed by atoms with Gasteiger partial charge in [0.2, 0.25) is 0 Å². The Morgan fingerprint density at radius 2 is 2.03 bits per heavy atom. The van der Waals surface area contributed by atoms with E-state index in [1.165, 1.54) is 0 Å². The van der Waals surface area contributed by atoms with Gasteiger partial charge in [0.25, 0.3) is 5.06 Å². The number of ether oxygens (including phenoxy) is 1. The smallest absolute Gasteiger partial charge is 0.319 e. The number of para-hydroxylation sites is 2. The Bertz CT molecular complexity index is 1010. The van der Waals surface area contributed by atoms with Gasteiger partial charge in [-0.25, -0.2) is 0 Å². The molecule has 29 heavy (non-hydrogen) atoms. The molecule has 2 aliphatic rings. The molecule has 4 rings (SSSR count). The molecule has 2 heterocycles. The number of benzene rings is 2. The Kier molecular flexibility index (Phi) is 5.74. The maximum absolute atomic E-state index is 10.8. The normalized spacial score (nSPS) is 20.6. The van der Waals surface area contributed by atoms with Crippen LogP contribution in [0.4, 0.5) is 11.4 Å². The average molecular weight is 451 g/mol. The van der Waals surface area contributed by atoms with E-state index in [1.807, 2.05) is 54.4 Å². The van der Waals surface area contributed by atoms with Crippen LogP contribution in [0.3, 0.4) is 0 Å². The second kappa shape index (κ2) is 8.14. The molecule has 6 nitrogen and oxygen atoms in total. The summed E-state index contributed by atoms with van der Waals surface area (Å²) >= 11 is 1.79. The van der Waals surface area contributed by atoms with E-state index in [-0.39, 0.29) is 0 Å². The molecule has 1 saturated heterocycles. The van der Waals surface area contributed by atoms with Crippen LogP contribution >= 0.6 is 22.6 Å². The van der Waals surface area contributed by atoms with Gasteiger partial charge in [-0.3, -0.25) is 4.55 Å². The van der Waals surface area contributed by atoms with Gasteiger partial charge in [-0.2, -0.15) is 8.42 Å². The van der Waals surface area contributed by atoms with Gasteiger partial charge in [-0.15, -0.1) is 0 Å². The quantitative estimate of drug-likeness (QED) is 0.502. The van der Waals surface area contributed by atoms with Crippen molar-refractivity contribution in [2.24, 2.45) is 0 Å². The lowest BCUT2D eigenvalue weighted by Gasteiger charge is -2.27. The van der Waals surface area contributed by atoms with Crippen molar-refractivity contribution in [3.8, 4) is 5.75 Å². The fourth-order valence-electron chi connectivity index (χ4n) is 3.44. The molecule has 1 unspecified atom stereocenters. The van der Waals surface area contributed by atoms with Gasteiger partial charge in [0.05, 0.1) is 5.69 Å². The van der Waals surface area contributed by atoms with Crippen LogP contribution in [0.15, 0.2) is 54.6 Å². The van der Waals surface area contributed by atoms with Crippen molar-refractivity contribution in [3.05, 3.63) is 60.2 Å². The van der Waals surface area contributed by atoms with Crippen molar-refractivity contribution in [1.82, 2.24) is 0 Å². The number of nitrogens with zero attached hydrogens (tertiary/aromatic N) is 2. The van der Waals surface area contributed by atoms with Crippen LogP contribution in [0.5, 0.6) is 5.75 Å². The van der Waals surface area contributed by atoms with Gasteiger partial charge in [0, 0.05) is 37.3 Å². The maximum atomic E-state index is 10.8. The highest BCUT2D eigenvalue weighted by atomic mass is 33.1. The number of anilines is 2. The van der Waals surface area contributed by atoms with Crippen molar-refractivity contribution in [2.75, 3.05) is 41.4 Å². The van der Waals surface area contributed by atoms with E-state index in [0.29, 0.717) is 23.1 Å². The van der Waals surface area contributed by atoms with Crippen molar-refractivity contribution in [2.45, 2.75) is 5.06 Å². The zero-order chi connectivity index (χ0) is 20.5. The summed E-state index contributed by atoms with van der Waals surface area (Å²) in [5, 5.41) is -0.480. The van der Waals surface area contributed by atoms with E-state index in [0.717, 1.165) is 35.0 Å². The summed E-state index contributed by atoms with van der Waals surface area (Å²) in [5.74, 6) is 2.23. The topological polar surface area (TPSA) is 70.1 Å². The summed E-state index contributed by atoms with van der Waals surface area (Å²) in [4.78, 5) is 4.26. The zero-order valence-electron chi connectivity index (χ0n) is 15.9. The number of fused-ring (bicyclic) bond motifs is 3. The zero-order valence-corrected chi connectivity index (χ0v) is 18.3.